The van der Waals surface area contributed by atoms with E-state index in [4.69, 9.17) is 4.74 Å². The molecule has 6 heteroatoms. The Morgan fingerprint density at radius 2 is 2.14 bits per heavy atom. The maximum absolute atomic E-state index is 12.1. The molecule has 21 heavy (non-hydrogen) atoms. The fraction of sp³-hybridized carbons (Fsp3) is 0.467. The van der Waals surface area contributed by atoms with Crippen LogP contribution in [0.15, 0.2) is 22.0 Å². The maximum atomic E-state index is 12.1. The Morgan fingerprint density at radius 1 is 1.43 bits per heavy atom. The van der Waals surface area contributed by atoms with Crippen molar-refractivity contribution in [3.8, 4) is 0 Å². The largest absolute Gasteiger partial charge is 0.466 e. The molecule has 114 valence electrons. The summed E-state index contributed by atoms with van der Waals surface area (Å²) in [6.45, 7) is 3.45. The number of thiophene rings is 1. The average Bonchev–Trinajstić information content (AvgIpc) is 2.91. The summed E-state index contributed by atoms with van der Waals surface area (Å²) in [4.78, 5) is 26.6. The van der Waals surface area contributed by atoms with Gasteiger partial charge in [-0.1, -0.05) is 0 Å². The lowest BCUT2D eigenvalue weighted by molar-refractivity contribution is -0.150. The van der Waals surface area contributed by atoms with E-state index in [1.54, 1.807) is 22.3 Å². The third-order valence-electron chi connectivity index (χ3n) is 3.41. The van der Waals surface area contributed by atoms with Crippen LogP contribution in [0.5, 0.6) is 0 Å². The van der Waals surface area contributed by atoms with E-state index in [0.717, 1.165) is 8.66 Å². The number of rotatable bonds is 4. The highest BCUT2D eigenvalue weighted by Crippen LogP contribution is 2.23. The second kappa shape index (κ2) is 7.75. The van der Waals surface area contributed by atoms with Crippen molar-refractivity contribution in [2.75, 3.05) is 19.7 Å². The van der Waals surface area contributed by atoms with Crippen LogP contribution >= 0.6 is 27.3 Å². The number of carbonyl (C=O) groups is 2. The number of carbonyl (C=O) groups excluding carboxylic acids is 2. The smallest absolute Gasteiger partial charge is 0.309 e. The molecule has 0 unspecified atom stereocenters. The van der Waals surface area contributed by atoms with E-state index in [0.29, 0.717) is 32.5 Å². The predicted octanol–water partition coefficient (Wildman–Crippen LogP) is 3.33. The molecule has 2 heterocycles. The minimum Gasteiger partial charge on any atom is -0.466 e. The van der Waals surface area contributed by atoms with Gasteiger partial charge in [0.2, 0.25) is 5.91 Å². The van der Waals surface area contributed by atoms with Gasteiger partial charge in [0.25, 0.3) is 0 Å². The van der Waals surface area contributed by atoms with E-state index in [9.17, 15) is 9.59 Å². The Morgan fingerprint density at radius 3 is 2.71 bits per heavy atom. The topological polar surface area (TPSA) is 46.6 Å². The fourth-order valence-electron chi connectivity index (χ4n) is 2.27. The molecule has 0 aromatic carbocycles. The van der Waals surface area contributed by atoms with Crippen molar-refractivity contribution in [3.63, 3.8) is 0 Å². The van der Waals surface area contributed by atoms with Gasteiger partial charge >= 0.3 is 5.97 Å². The van der Waals surface area contributed by atoms with Crippen LogP contribution in [0.3, 0.4) is 0 Å². The summed E-state index contributed by atoms with van der Waals surface area (Å²) < 4.78 is 6.07. The first-order valence-electron chi connectivity index (χ1n) is 6.99. The van der Waals surface area contributed by atoms with Crippen LogP contribution in [0.25, 0.3) is 6.08 Å². The third-order valence-corrected chi connectivity index (χ3v) is 5.00. The Balaban J connectivity index is 1.83. The SMILES string of the molecule is CCOC(=O)C1CCN(C(=O)/C=C/c2ccc(Br)s2)CC1. The minimum absolute atomic E-state index is 0.00170. The number of esters is 1. The van der Waals surface area contributed by atoms with E-state index < -0.39 is 0 Å². The van der Waals surface area contributed by atoms with Crippen molar-refractivity contribution in [3.05, 3.63) is 26.9 Å². The summed E-state index contributed by atoms with van der Waals surface area (Å²) in [6.07, 6.45) is 4.80. The van der Waals surface area contributed by atoms with Crippen molar-refractivity contribution in [1.29, 1.82) is 0 Å². The molecule has 0 radical (unpaired) electrons. The molecule has 1 aliphatic rings. The number of likely N-dealkylation sites (tertiary alicyclic amines) is 1. The molecule has 0 bridgehead atoms. The molecular weight excluding hydrogens is 354 g/mol. The number of piperidine rings is 1. The quantitative estimate of drug-likeness (QED) is 0.602. The first kappa shape index (κ1) is 16.2. The van der Waals surface area contributed by atoms with Gasteiger partial charge in [0.15, 0.2) is 0 Å². The Labute approximate surface area is 136 Å². The van der Waals surface area contributed by atoms with Gasteiger partial charge in [-0.3, -0.25) is 9.59 Å². The highest BCUT2D eigenvalue weighted by atomic mass is 79.9. The summed E-state index contributed by atoms with van der Waals surface area (Å²) >= 11 is 4.98. The zero-order valence-corrected chi connectivity index (χ0v) is 14.3. The van der Waals surface area contributed by atoms with Gasteiger partial charge in [0.05, 0.1) is 16.3 Å². The molecule has 4 nitrogen and oxygen atoms in total. The lowest BCUT2D eigenvalue weighted by atomic mass is 9.97. The minimum atomic E-state index is -0.136. The monoisotopic (exact) mass is 371 g/mol. The molecule has 1 saturated heterocycles. The van der Waals surface area contributed by atoms with E-state index in [2.05, 4.69) is 15.9 Å². The number of amides is 1. The van der Waals surface area contributed by atoms with Crippen molar-refractivity contribution in [2.45, 2.75) is 19.8 Å². The van der Waals surface area contributed by atoms with Crippen LogP contribution in [-0.4, -0.2) is 36.5 Å². The van der Waals surface area contributed by atoms with E-state index in [-0.39, 0.29) is 17.8 Å². The molecule has 1 fully saturated rings. The van der Waals surface area contributed by atoms with Crippen LogP contribution in [0.4, 0.5) is 0 Å². The molecule has 1 aromatic rings. The van der Waals surface area contributed by atoms with Crippen LogP contribution in [0.1, 0.15) is 24.6 Å². The normalized spacial score (nSPS) is 16.4. The second-order valence-electron chi connectivity index (χ2n) is 4.83. The second-order valence-corrected chi connectivity index (χ2v) is 7.32. The molecule has 1 aliphatic heterocycles. The van der Waals surface area contributed by atoms with E-state index in [1.165, 1.54) is 0 Å². The number of halogens is 1. The molecule has 1 aromatic heterocycles. The molecule has 0 N–H and O–H groups in total. The van der Waals surface area contributed by atoms with Crippen LogP contribution in [-0.2, 0) is 14.3 Å². The first-order chi connectivity index (χ1) is 10.1. The standard InChI is InChI=1S/C15H18BrNO3S/c1-2-20-15(19)11-7-9-17(10-8-11)14(18)6-4-12-3-5-13(16)21-12/h3-6,11H,2,7-10H2,1H3/b6-4+. The van der Waals surface area contributed by atoms with Crippen LogP contribution in [0, 0.1) is 5.92 Å². The van der Waals surface area contributed by atoms with Crippen molar-refractivity contribution in [1.82, 2.24) is 4.90 Å². The highest BCUT2D eigenvalue weighted by Gasteiger charge is 2.27. The predicted molar refractivity (Wildman–Crippen MR) is 87.0 cm³/mol. The summed E-state index contributed by atoms with van der Waals surface area (Å²) in [5.41, 5.74) is 0. The molecule has 0 aliphatic carbocycles. The summed E-state index contributed by atoms with van der Waals surface area (Å²) in [6, 6.07) is 3.92. The average molecular weight is 372 g/mol. The summed E-state index contributed by atoms with van der Waals surface area (Å²) in [5, 5.41) is 0. The molecule has 0 atom stereocenters. The molecular formula is C15H18BrNO3S. The highest BCUT2D eigenvalue weighted by molar-refractivity contribution is 9.11. The van der Waals surface area contributed by atoms with Crippen molar-refractivity contribution in [2.24, 2.45) is 5.92 Å². The first-order valence-corrected chi connectivity index (χ1v) is 8.60. The zero-order valence-electron chi connectivity index (χ0n) is 11.9. The number of nitrogens with zero attached hydrogens (tertiary/aromatic N) is 1. The lowest BCUT2D eigenvalue weighted by Crippen LogP contribution is -2.39. The summed E-state index contributed by atoms with van der Waals surface area (Å²) in [5.74, 6) is -0.198. The van der Waals surface area contributed by atoms with E-state index in [1.807, 2.05) is 25.1 Å². The maximum Gasteiger partial charge on any atom is 0.309 e. The van der Waals surface area contributed by atoms with Crippen LogP contribution in [0.2, 0.25) is 0 Å². The Hall–Kier alpha value is -1.14. The molecule has 2 rings (SSSR count). The van der Waals surface area contributed by atoms with Gasteiger partial charge in [-0.05, 0) is 53.9 Å². The van der Waals surface area contributed by atoms with Crippen molar-refractivity contribution < 1.29 is 14.3 Å². The number of ether oxygens (including phenoxy) is 1. The van der Waals surface area contributed by atoms with Gasteiger partial charge < -0.3 is 9.64 Å². The van der Waals surface area contributed by atoms with Gasteiger partial charge in [0, 0.05) is 24.0 Å². The number of hydrogen-bond acceptors (Lipinski definition) is 4. The van der Waals surface area contributed by atoms with Gasteiger partial charge in [-0.2, -0.15) is 0 Å². The third kappa shape index (κ3) is 4.68. The Bertz CT molecular complexity index is 533. The lowest BCUT2D eigenvalue weighted by Gasteiger charge is -2.30. The van der Waals surface area contributed by atoms with Crippen molar-refractivity contribution >= 4 is 45.2 Å². The molecule has 1 amide bonds. The van der Waals surface area contributed by atoms with Gasteiger partial charge in [-0.25, -0.2) is 0 Å². The molecule has 0 spiro atoms. The number of hydrogen-bond donors (Lipinski definition) is 0. The Kier molecular flexibility index (Phi) is 5.99. The van der Waals surface area contributed by atoms with Gasteiger partial charge in [0.1, 0.15) is 0 Å². The van der Waals surface area contributed by atoms with E-state index >= 15 is 0 Å². The summed E-state index contributed by atoms with van der Waals surface area (Å²) in [7, 11) is 0. The van der Waals surface area contributed by atoms with Gasteiger partial charge in [-0.15, -0.1) is 11.3 Å². The zero-order chi connectivity index (χ0) is 15.2. The molecule has 0 saturated carbocycles. The fourth-order valence-corrected chi connectivity index (χ4v) is 3.60. The van der Waals surface area contributed by atoms with Crippen LogP contribution < -0.4 is 0 Å².